The average molecular weight is 881 g/mol. The zero-order valence-electron chi connectivity index (χ0n) is 36.6. The first-order valence-corrected chi connectivity index (χ1v) is 27.7. The van der Waals surface area contributed by atoms with Crippen LogP contribution in [0.4, 0.5) is 0 Å². The highest BCUT2D eigenvalue weighted by Crippen LogP contribution is 2.49. The molecule has 8 aromatic rings. The molecule has 0 heterocycles. The third kappa shape index (κ3) is 12.3. The minimum atomic E-state index is -0.397. The molecule has 0 aromatic heterocycles. The van der Waals surface area contributed by atoms with Gasteiger partial charge in [0.15, 0.2) is 0 Å². The van der Waals surface area contributed by atoms with Crippen LogP contribution in [0.15, 0.2) is 243 Å². The normalized spacial score (nSPS) is 13.3. The Morgan fingerprint density at radius 1 is 0.210 bits per heavy atom. The summed E-state index contributed by atoms with van der Waals surface area (Å²) >= 11 is 0. The molecule has 4 atom stereocenters. The van der Waals surface area contributed by atoms with Gasteiger partial charge in [-0.1, -0.05) is 270 Å². The van der Waals surface area contributed by atoms with Crippen LogP contribution in [0, 0.1) is 0 Å². The molecule has 0 aliphatic carbocycles. The smallest absolute Gasteiger partial charge is 0.0151 e. The van der Waals surface area contributed by atoms with Crippen molar-refractivity contribution in [1.29, 1.82) is 0 Å². The molecule has 0 saturated heterocycles. The van der Waals surface area contributed by atoms with E-state index in [9.17, 15) is 0 Å². The summed E-state index contributed by atoms with van der Waals surface area (Å²) in [7, 11) is -1.59. The molecule has 0 spiro atoms. The maximum Gasteiger partial charge on any atom is -0.0151 e. The van der Waals surface area contributed by atoms with E-state index < -0.39 is 31.7 Å². The minimum absolute atomic E-state index is 0.397. The molecule has 8 rings (SSSR count). The van der Waals surface area contributed by atoms with Crippen molar-refractivity contribution in [3.8, 4) is 0 Å². The maximum atomic E-state index is 2.46. The van der Waals surface area contributed by atoms with Gasteiger partial charge < -0.3 is 0 Å². The first kappa shape index (κ1) is 45.5. The summed E-state index contributed by atoms with van der Waals surface area (Å²) in [6, 6.07) is 89.0. The van der Waals surface area contributed by atoms with Gasteiger partial charge in [0, 0.05) is 0 Å². The van der Waals surface area contributed by atoms with Gasteiger partial charge >= 0.3 is 0 Å². The van der Waals surface area contributed by atoms with E-state index in [1.54, 1.807) is 0 Å². The lowest BCUT2D eigenvalue weighted by Gasteiger charge is -2.32. The van der Waals surface area contributed by atoms with E-state index in [1.807, 2.05) is 0 Å². The number of hydrogen-bond acceptors (Lipinski definition) is 0. The summed E-state index contributed by atoms with van der Waals surface area (Å²) in [5.41, 5.74) is 2.42. The van der Waals surface area contributed by atoms with Crippen LogP contribution in [-0.4, -0.2) is 22.6 Å². The predicted octanol–water partition coefficient (Wildman–Crippen LogP) is 12.8. The molecule has 0 unspecified atom stereocenters. The van der Waals surface area contributed by atoms with Gasteiger partial charge in [-0.2, -0.15) is 0 Å². The Hall–Kier alpha value is -4.52. The van der Waals surface area contributed by atoms with Gasteiger partial charge in [0.05, 0.1) is 0 Å². The second-order valence-corrected chi connectivity index (χ2v) is 26.6. The number of rotatable bonds is 16. The van der Waals surface area contributed by atoms with Gasteiger partial charge in [0.2, 0.25) is 0 Å². The highest BCUT2D eigenvalue weighted by atomic mass is 31.1. The lowest BCUT2D eigenvalue weighted by Crippen LogP contribution is -2.26. The van der Waals surface area contributed by atoms with Crippen molar-refractivity contribution < 1.29 is 0 Å². The van der Waals surface area contributed by atoms with Crippen LogP contribution in [0.5, 0.6) is 0 Å². The number of hydrogen-bond donors (Lipinski definition) is 0. The summed E-state index contributed by atoms with van der Waals surface area (Å²) in [4.78, 5) is 0. The first-order valence-electron chi connectivity index (χ1n) is 22.0. The van der Waals surface area contributed by atoms with Gasteiger partial charge in [-0.25, -0.2) is 0 Å². The predicted molar refractivity (Wildman–Crippen MR) is 283 cm³/mol. The molecule has 4 heteroatoms. The molecule has 0 nitrogen and oxygen atoms in total. The highest BCUT2D eigenvalue weighted by molar-refractivity contribution is 7.75. The molecule has 0 N–H and O–H groups in total. The molecule has 0 bridgehead atoms. The van der Waals surface area contributed by atoms with Crippen LogP contribution in [-0.2, 0) is 0 Å². The van der Waals surface area contributed by atoms with Crippen molar-refractivity contribution in [3.63, 3.8) is 0 Å². The van der Waals surface area contributed by atoms with Crippen molar-refractivity contribution in [3.05, 3.63) is 243 Å². The Kier molecular flexibility index (Phi) is 17.5. The molecule has 0 saturated carbocycles. The van der Waals surface area contributed by atoms with Gasteiger partial charge in [-0.15, -0.1) is 0 Å². The van der Waals surface area contributed by atoms with E-state index in [0.29, 0.717) is 22.6 Å². The molecular formula is C58H60P4. The summed E-state index contributed by atoms with van der Waals surface area (Å²) < 4.78 is 0. The summed E-state index contributed by atoms with van der Waals surface area (Å²) in [5, 5.41) is 11.8. The summed E-state index contributed by atoms with van der Waals surface area (Å²) in [6.07, 6.45) is 2.43. The van der Waals surface area contributed by atoms with Crippen LogP contribution >= 0.6 is 31.7 Å². The highest BCUT2D eigenvalue weighted by Gasteiger charge is 2.29. The fourth-order valence-electron chi connectivity index (χ4n) is 8.75. The van der Waals surface area contributed by atoms with E-state index in [-0.39, 0.29) is 0 Å². The van der Waals surface area contributed by atoms with Crippen molar-refractivity contribution in [1.82, 2.24) is 0 Å². The van der Waals surface area contributed by atoms with Crippen molar-refractivity contribution in [2.75, 3.05) is 0 Å². The lowest BCUT2D eigenvalue weighted by molar-refractivity contribution is 0.793. The summed E-state index contributed by atoms with van der Waals surface area (Å²) in [6.45, 7) is 9.86. The topological polar surface area (TPSA) is 0 Å². The zero-order valence-corrected chi connectivity index (χ0v) is 40.2. The zero-order chi connectivity index (χ0) is 42.9. The molecular weight excluding hydrogens is 821 g/mol. The van der Waals surface area contributed by atoms with Gasteiger partial charge in [-0.05, 0) is 110 Å². The van der Waals surface area contributed by atoms with E-state index in [2.05, 4.69) is 270 Å². The van der Waals surface area contributed by atoms with E-state index in [4.69, 9.17) is 0 Å². The maximum absolute atomic E-state index is 2.46. The Morgan fingerprint density at radius 2 is 0.323 bits per heavy atom. The Balaban J connectivity index is 0.000000186. The molecule has 0 amide bonds. The summed E-state index contributed by atoms with van der Waals surface area (Å²) in [5.74, 6) is 0. The lowest BCUT2D eigenvalue weighted by atomic mass is 10.3. The molecule has 0 fully saturated rings. The van der Waals surface area contributed by atoms with Crippen LogP contribution in [0.1, 0.15) is 40.5 Å². The third-order valence-electron chi connectivity index (χ3n) is 11.4. The second kappa shape index (κ2) is 23.8. The Bertz CT molecular complexity index is 1910. The monoisotopic (exact) mass is 880 g/mol. The average Bonchev–Trinajstić information content (AvgIpc) is 3.32. The van der Waals surface area contributed by atoms with Crippen LogP contribution < -0.4 is 42.4 Å². The van der Waals surface area contributed by atoms with E-state index >= 15 is 0 Å². The van der Waals surface area contributed by atoms with Crippen molar-refractivity contribution >= 4 is 74.1 Å². The molecule has 8 aromatic carbocycles. The fourth-order valence-corrected chi connectivity index (χ4v) is 20.4. The minimum Gasteiger partial charge on any atom is -0.0622 e. The molecule has 312 valence electrons. The van der Waals surface area contributed by atoms with Crippen LogP contribution in [0.25, 0.3) is 0 Å². The number of benzene rings is 8. The largest absolute Gasteiger partial charge is 0.0622 e. The first-order chi connectivity index (χ1) is 30.5. The quantitative estimate of drug-likeness (QED) is 0.0849. The third-order valence-corrected chi connectivity index (χ3v) is 22.6. The Labute approximate surface area is 377 Å². The van der Waals surface area contributed by atoms with E-state index in [1.165, 1.54) is 55.3 Å². The van der Waals surface area contributed by atoms with Gasteiger partial charge in [0.25, 0.3) is 0 Å². The van der Waals surface area contributed by atoms with Gasteiger partial charge in [-0.3, -0.25) is 0 Å². The Morgan fingerprint density at radius 3 is 0.435 bits per heavy atom. The molecule has 0 radical (unpaired) electrons. The van der Waals surface area contributed by atoms with Crippen LogP contribution in [0.3, 0.4) is 0 Å². The van der Waals surface area contributed by atoms with Crippen LogP contribution in [0.2, 0.25) is 0 Å². The standard InChI is InChI=1S/2C29H30P2/c2*1-24(30(26-15-7-3-8-16-26)27-17-9-4-10-18-27)23-25(2)31(28-19-11-5-12-20-28)29-21-13-6-14-22-29/h2*3-22,24-25H,23H2,1-2H3/t2*24-,25-/m10/s1. The van der Waals surface area contributed by atoms with Crippen molar-refractivity contribution in [2.45, 2.75) is 63.2 Å². The SMILES string of the molecule is C[C@@H](C[C@H](C)P(c1ccccc1)c1ccccc1)P(c1ccccc1)c1ccccc1.C[C@H](C[C@@H](C)P(c1ccccc1)c1ccccc1)P(c1ccccc1)c1ccccc1. The van der Waals surface area contributed by atoms with E-state index in [0.717, 1.165) is 0 Å². The molecule has 0 aliphatic rings. The van der Waals surface area contributed by atoms with Gasteiger partial charge in [0.1, 0.15) is 0 Å². The molecule has 62 heavy (non-hydrogen) atoms. The van der Waals surface area contributed by atoms with Crippen molar-refractivity contribution in [2.24, 2.45) is 0 Å². The molecule has 0 aliphatic heterocycles. The fraction of sp³-hybridized carbons (Fsp3) is 0.172. The second-order valence-electron chi connectivity index (χ2n) is 16.0.